The Balaban J connectivity index is 1.62. The van der Waals surface area contributed by atoms with E-state index in [9.17, 15) is 9.59 Å². The van der Waals surface area contributed by atoms with Gasteiger partial charge in [0.15, 0.2) is 0 Å². The lowest BCUT2D eigenvalue weighted by molar-refractivity contribution is -0.115. The summed E-state index contributed by atoms with van der Waals surface area (Å²) in [5, 5.41) is 7.04. The molecule has 5 nitrogen and oxygen atoms in total. The molecule has 0 aliphatic carbocycles. The molecule has 4 rings (SSSR count). The molecular weight excluding hydrogens is 314 g/mol. The van der Waals surface area contributed by atoms with Crippen molar-refractivity contribution >= 4 is 45.7 Å². The van der Waals surface area contributed by atoms with Gasteiger partial charge in [-0.15, -0.1) is 0 Å². The lowest BCUT2D eigenvalue weighted by Crippen LogP contribution is -2.11. The highest BCUT2D eigenvalue weighted by molar-refractivity contribution is 6.31. The van der Waals surface area contributed by atoms with Crippen molar-refractivity contribution in [3.63, 3.8) is 0 Å². The van der Waals surface area contributed by atoms with E-state index in [0.29, 0.717) is 22.7 Å². The van der Waals surface area contributed by atoms with Gasteiger partial charge in [0.1, 0.15) is 0 Å². The van der Waals surface area contributed by atoms with Crippen molar-refractivity contribution in [2.75, 3.05) is 10.6 Å². The van der Waals surface area contributed by atoms with Crippen LogP contribution in [-0.2, 0) is 11.2 Å². The molecule has 114 valence electrons. The monoisotopic (exact) mass is 325 g/mol. The Kier molecular flexibility index (Phi) is 3.09. The lowest BCUT2D eigenvalue weighted by Gasteiger charge is -2.06. The Hall–Kier alpha value is -2.79. The second-order valence-electron chi connectivity index (χ2n) is 5.44. The Morgan fingerprint density at radius 1 is 1.17 bits per heavy atom. The number of aromatic nitrogens is 1. The van der Waals surface area contributed by atoms with E-state index in [1.54, 1.807) is 30.5 Å². The topological polar surface area (TPSA) is 74.0 Å². The smallest absolute Gasteiger partial charge is 0.257 e. The van der Waals surface area contributed by atoms with Gasteiger partial charge in [-0.2, -0.15) is 0 Å². The first-order chi connectivity index (χ1) is 11.1. The van der Waals surface area contributed by atoms with Gasteiger partial charge >= 0.3 is 0 Å². The van der Waals surface area contributed by atoms with Gasteiger partial charge in [-0.3, -0.25) is 9.59 Å². The summed E-state index contributed by atoms with van der Waals surface area (Å²) < 4.78 is 0. The van der Waals surface area contributed by atoms with Crippen LogP contribution < -0.4 is 10.6 Å². The summed E-state index contributed by atoms with van der Waals surface area (Å²) in [6.07, 6.45) is 2.04. The quantitative estimate of drug-likeness (QED) is 0.674. The Morgan fingerprint density at radius 2 is 2.04 bits per heavy atom. The molecule has 3 aromatic rings. The number of anilines is 2. The molecule has 1 aromatic heterocycles. The summed E-state index contributed by atoms with van der Waals surface area (Å²) in [5.41, 5.74) is 3.68. The molecule has 3 N–H and O–H groups in total. The number of halogens is 1. The average Bonchev–Trinajstić information content (AvgIpc) is 3.08. The second-order valence-corrected chi connectivity index (χ2v) is 5.88. The summed E-state index contributed by atoms with van der Waals surface area (Å²) in [6.45, 7) is 0. The Morgan fingerprint density at radius 3 is 2.91 bits per heavy atom. The minimum absolute atomic E-state index is 0.0306. The maximum absolute atomic E-state index is 12.5. The predicted molar refractivity (Wildman–Crippen MR) is 90.0 cm³/mol. The van der Waals surface area contributed by atoms with Gasteiger partial charge in [0.05, 0.1) is 12.0 Å². The van der Waals surface area contributed by atoms with E-state index < -0.39 is 0 Å². The number of benzene rings is 2. The van der Waals surface area contributed by atoms with Crippen molar-refractivity contribution in [3.05, 3.63) is 58.7 Å². The molecular formula is C17H12ClN3O2. The highest BCUT2D eigenvalue weighted by atomic mass is 35.5. The predicted octanol–water partition coefficient (Wildman–Crippen LogP) is 3.57. The molecule has 0 radical (unpaired) electrons. The minimum Gasteiger partial charge on any atom is -0.360 e. The highest BCUT2D eigenvalue weighted by Crippen LogP contribution is 2.27. The van der Waals surface area contributed by atoms with E-state index in [4.69, 9.17) is 11.6 Å². The van der Waals surface area contributed by atoms with Crippen LogP contribution in [0.4, 0.5) is 11.4 Å². The second kappa shape index (κ2) is 5.14. The van der Waals surface area contributed by atoms with Crippen LogP contribution in [0.5, 0.6) is 0 Å². The number of nitrogens with one attached hydrogen (secondary N) is 3. The molecule has 1 aliphatic rings. The average molecular weight is 326 g/mol. The number of hydrogen-bond donors (Lipinski definition) is 3. The van der Waals surface area contributed by atoms with E-state index >= 15 is 0 Å². The van der Waals surface area contributed by atoms with Crippen LogP contribution in [0.15, 0.2) is 42.6 Å². The summed E-state index contributed by atoms with van der Waals surface area (Å²) >= 11 is 5.95. The third kappa shape index (κ3) is 2.45. The third-order valence-electron chi connectivity index (χ3n) is 3.88. The molecule has 0 atom stereocenters. The first-order valence-electron chi connectivity index (χ1n) is 7.11. The highest BCUT2D eigenvalue weighted by Gasteiger charge is 2.18. The standard InChI is InChI=1S/C17H12ClN3O2/c18-10-2-4-12-13(8-19-15(12)6-10)17(23)20-11-3-1-9-5-16(22)21-14(9)7-11/h1-4,6-8,19H,5H2,(H,20,23)(H,21,22). The summed E-state index contributed by atoms with van der Waals surface area (Å²) in [5.74, 6) is -0.250. The van der Waals surface area contributed by atoms with Crippen molar-refractivity contribution < 1.29 is 9.59 Å². The number of carbonyl (C=O) groups is 2. The van der Waals surface area contributed by atoms with Crippen molar-refractivity contribution in [2.45, 2.75) is 6.42 Å². The van der Waals surface area contributed by atoms with Gasteiger partial charge in [-0.1, -0.05) is 23.7 Å². The number of carbonyl (C=O) groups excluding carboxylic acids is 2. The molecule has 0 bridgehead atoms. The molecule has 1 aliphatic heterocycles. The number of amides is 2. The summed E-state index contributed by atoms with van der Waals surface area (Å²) in [7, 11) is 0. The van der Waals surface area contributed by atoms with Gasteiger partial charge in [-0.05, 0) is 29.8 Å². The van der Waals surface area contributed by atoms with Crippen LogP contribution in [0.3, 0.4) is 0 Å². The number of fused-ring (bicyclic) bond motifs is 2. The Bertz CT molecular complexity index is 962. The van der Waals surface area contributed by atoms with Gasteiger partial charge in [0.25, 0.3) is 5.91 Å². The fourth-order valence-corrected chi connectivity index (χ4v) is 2.95. The molecule has 2 amide bonds. The fraction of sp³-hybridized carbons (Fsp3) is 0.0588. The van der Waals surface area contributed by atoms with Gasteiger partial charge in [0.2, 0.25) is 5.91 Å². The van der Waals surface area contributed by atoms with Crippen molar-refractivity contribution in [1.29, 1.82) is 0 Å². The molecule has 0 saturated carbocycles. The van der Waals surface area contributed by atoms with Gasteiger partial charge in [0, 0.05) is 33.5 Å². The summed E-state index contributed by atoms with van der Waals surface area (Å²) in [6, 6.07) is 10.7. The third-order valence-corrected chi connectivity index (χ3v) is 4.12. The maximum Gasteiger partial charge on any atom is 0.257 e. The van der Waals surface area contributed by atoms with E-state index in [0.717, 1.165) is 22.2 Å². The Labute approximate surface area is 136 Å². The molecule has 0 saturated heterocycles. The first kappa shape index (κ1) is 13.8. The number of rotatable bonds is 2. The number of aromatic amines is 1. The molecule has 2 aromatic carbocycles. The van der Waals surface area contributed by atoms with Gasteiger partial charge in [-0.25, -0.2) is 0 Å². The van der Waals surface area contributed by atoms with Crippen LogP contribution in [-0.4, -0.2) is 16.8 Å². The fourth-order valence-electron chi connectivity index (χ4n) is 2.78. The molecule has 23 heavy (non-hydrogen) atoms. The largest absolute Gasteiger partial charge is 0.360 e. The van der Waals surface area contributed by atoms with Crippen molar-refractivity contribution in [1.82, 2.24) is 4.98 Å². The number of H-pyrrole nitrogens is 1. The van der Waals surface area contributed by atoms with Crippen LogP contribution in [0.2, 0.25) is 5.02 Å². The summed E-state index contributed by atoms with van der Waals surface area (Å²) in [4.78, 5) is 26.9. The van der Waals surface area contributed by atoms with Gasteiger partial charge < -0.3 is 15.6 Å². The van der Waals surface area contributed by atoms with Crippen molar-refractivity contribution in [2.24, 2.45) is 0 Å². The SMILES string of the molecule is O=C1Cc2ccc(NC(=O)c3c[nH]c4cc(Cl)ccc34)cc2N1. The van der Waals surface area contributed by atoms with E-state index in [1.807, 2.05) is 12.1 Å². The zero-order valence-electron chi connectivity index (χ0n) is 11.9. The number of hydrogen-bond acceptors (Lipinski definition) is 2. The van der Waals surface area contributed by atoms with Crippen LogP contribution >= 0.6 is 11.6 Å². The minimum atomic E-state index is -0.220. The first-order valence-corrected chi connectivity index (χ1v) is 7.49. The van der Waals surface area contributed by atoms with E-state index in [1.165, 1.54) is 0 Å². The van der Waals surface area contributed by atoms with E-state index in [-0.39, 0.29) is 11.8 Å². The normalized spacial score (nSPS) is 13.0. The molecule has 0 unspecified atom stereocenters. The molecule has 2 heterocycles. The van der Waals surface area contributed by atoms with Crippen LogP contribution in [0.25, 0.3) is 10.9 Å². The van der Waals surface area contributed by atoms with E-state index in [2.05, 4.69) is 15.6 Å². The maximum atomic E-state index is 12.5. The van der Waals surface area contributed by atoms with Crippen molar-refractivity contribution in [3.8, 4) is 0 Å². The molecule has 6 heteroatoms. The van der Waals surface area contributed by atoms with Crippen LogP contribution in [0, 0.1) is 0 Å². The zero-order chi connectivity index (χ0) is 16.0. The molecule has 0 fully saturated rings. The molecule has 0 spiro atoms. The zero-order valence-corrected chi connectivity index (χ0v) is 12.7. The van der Waals surface area contributed by atoms with Crippen LogP contribution in [0.1, 0.15) is 15.9 Å². The lowest BCUT2D eigenvalue weighted by atomic mass is 10.1.